The minimum Gasteiger partial charge on any atom is -0.326 e. The summed E-state index contributed by atoms with van der Waals surface area (Å²) in [6.07, 6.45) is 0.287. The summed E-state index contributed by atoms with van der Waals surface area (Å²) in [5.41, 5.74) is 2.79. The highest BCUT2D eigenvalue weighted by atomic mass is 35.5. The molecule has 0 atom stereocenters. The first-order valence-electron chi connectivity index (χ1n) is 5.53. The van der Waals surface area contributed by atoms with E-state index in [0.29, 0.717) is 5.88 Å². The molecule has 0 saturated heterocycles. The number of carbonyl (C=O) groups is 1. The standard InChI is InChI=1S/C13H13ClN2OS.ClH/c1-9-2-4-10(5-3-9)15-12(17)6-13-16-11(7-14)8-18-13;/h2-5,8H,6-7H2,1H3,(H,15,17);1H. The highest BCUT2D eigenvalue weighted by Crippen LogP contribution is 2.14. The molecule has 2 rings (SSSR count). The van der Waals surface area contributed by atoms with Gasteiger partial charge in [-0.15, -0.1) is 35.3 Å². The number of carbonyl (C=O) groups excluding carboxylic acids is 1. The number of anilines is 1. The number of aryl methyl sites for hydroxylation is 1. The summed E-state index contributed by atoms with van der Waals surface area (Å²) in [5, 5.41) is 5.50. The molecular weight excluding hydrogens is 303 g/mol. The number of aromatic nitrogens is 1. The van der Waals surface area contributed by atoms with Gasteiger partial charge in [-0.25, -0.2) is 4.98 Å². The molecule has 102 valence electrons. The van der Waals surface area contributed by atoms with E-state index >= 15 is 0 Å². The molecule has 6 heteroatoms. The van der Waals surface area contributed by atoms with Crippen LogP contribution in [0.4, 0.5) is 5.69 Å². The van der Waals surface area contributed by atoms with Crippen molar-refractivity contribution < 1.29 is 4.79 Å². The fourth-order valence-electron chi connectivity index (χ4n) is 1.47. The molecule has 0 radical (unpaired) electrons. The Labute approximate surface area is 127 Å². The summed E-state index contributed by atoms with van der Waals surface area (Å²) in [6.45, 7) is 2.01. The predicted molar refractivity (Wildman–Crippen MR) is 82.4 cm³/mol. The molecule has 1 aromatic carbocycles. The highest BCUT2D eigenvalue weighted by Gasteiger charge is 2.07. The van der Waals surface area contributed by atoms with Gasteiger partial charge in [0, 0.05) is 11.1 Å². The van der Waals surface area contributed by atoms with Crippen LogP contribution in [0.25, 0.3) is 0 Å². The molecule has 0 unspecified atom stereocenters. The summed E-state index contributed by atoms with van der Waals surface area (Å²) in [6, 6.07) is 7.70. The predicted octanol–water partition coefficient (Wildman–Crippen LogP) is 3.79. The van der Waals surface area contributed by atoms with Gasteiger partial charge in [-0.05, 0) is 19.1 Å². The first-order chi connectivity index (χ1) is 8.67. The second kappa shape index (κ2) is 7.48. The topological polar surface area (TPSA) is 42.0 Å². The van der Waals surface area contributed by atoms with E-state index in [1.807, 2.05) is 36.6 Å². The van der Waals surface area contributed by atoms with Gasteiger partial charge in [-0.3, -0.25) is 4.79 Å². The maximum Gasteiger partial charge on any atom is 0.231 e. The lowest BCUT2D eigenvalue weighted by Crippen LogP contribution is -2.14. The van der Waals surface area contributed by atoms with Crippen molar-refractivity contribution >= 4 is 46.9 Å². The van der Waals surface area contributed by atoms with Crippen molar-refractivity contribution in [2.24, 2.45) is 0 Å². The molecule has 0 saturated carbocycles. The number of rotatable bonds is 4. The van der Waals surface area contributed by atoms with Crippen molar-refractivity contribution in [2.45, 2.75) is 19.2 Å². The second-order valence-corrected chi connectivity index (χ2v) is 5.17. The molecule has 0 bridgehead atoms. The zero-order valence-electron chi connectivity index (χ0n) is 10.4. The van der Waals surface area contributed by atoms with Crippen LogP contribution in [0, 0.1) is 6.92 Å². The molecule has 2 aromatic rings. The second-order valence-electron chi connectivity index (χ2n) is 3.96. The first-order valence-corrected chi connectivity index (χ1v) is 6.94. The van der Waals surface area contributed by atoms with E-state index in [2.05, 4.69) is 10.3 Å². The lowest BCUT2D eigenvalue weighted by Gasteiger charge is -2.03. The van der Waals surface area contributed by atoms with E-state index in [4.69, 9.17) is 11.6 Å². The fraction of sp³-hybridized carbons (Fsp3) is 0.231. The molecular formula is C13H14Cl2N2OS. The molecule has 0 aliphatic carbocycles. The van der Waals surface area contributed by atoms with Gasteiger partial charge in [0.25, 0.3) is 0 Å². The van der Waals surface area contributed by atoms with Gasteiger partial charge in [0.1, 0.15) is 5.01 Å². The lowest BCUT2D eigenvalue weighted by molar-refractivity contribution is -0.115. The van der Waals surface area contributed by atoms with Gasteiger partial charge in [-0.1, -0.05) is 17.7 Å². The van der Waals surface area contributed by atoms with Crippen molar-refractivity contribution in [3.8, 4) is 0 Å². The zero-order chi connectivity index (χ0) is 13.0. The van der Waals surface area contributed by atoms with Gasteiger partial charge in [-0.2, -0.15) is 0 Å². The third kappa shape index (κ3) is 4.82. The van der Waals surface area contributed by atoms with Crippen molar-refractivity contribution in [3.05, 3.63) is 45.9 Å². The Balaban J connectivity index is 0.00000180. The summed E-state index contributed by atoms with van der Waals surface area (Å²) < 4.78 is 0. The van der Waals surface area contributed by atoms with Crippen LogP contribution in [0.3, 0.4) is 0 Å². The number of amides is 1. The zero-order valence-corrected chi connectivity index (χ0v) is 12.7. The minimum absolute atomic E-state index is 0. The van der Waals surface area contributed by atoms with E-state index in [-0.39, 0.29) is 24.7 Å². The van der Waals surface area contributed by atoms with Crippen LogP contribution < -0.4 is 5.32 Å². The molecule has 3 nitrogen and oxygen atoms in total. The number of benzene rings is 1. The monoisotopic (exact) mass is 316 g/mol. The molecule has 0 aliphatic rings. The van der Waals surface area contributed by atoms with Gasteiger partial charge in [0.05, 0.1) is 18.0 Å². The number of alkyl halides is 1. The third-order valence-electron chi connectivity index (χ3n) is 2.38. The van der Waals surface area contributed by atoms with Crippen molar-refractivity contribution in [1.29, 1.82) is 0 Å². The van der Waals surface area contributed by atoms with Crippen LogP contribution in [0.5, 0.6) is 0 Å². The molecule has 1 amide bonds. The van der Waals surface area contributed by atoms with Crippen molar-refractivity contribution in [2.75, 3.05) is 5.32 Å². The normalized spacial score (nSPS) is 9.79. The number of hydrogen-bond donors (Lipinski definition) is 1. The van der Waals surface area contributed by atoms with Crippen LogP contribution in [0.15, 0.2) is 29.6 Å². The molecule has 0 spiro atoms. The number of halogens is 2. The number of thiazole rings is 1. The molecule has 0 aliphatic heterocycles. The Morgan fingerprint density at radius 2 is 2.05 bits per heavy atom. The minimum atomic E-state index is -0.0608. The third-order valence-corrected chi connectivity index (χ3v) is 3.55. The van der Waals surface area contributed by atoms with E-state index in [0.717, 1.165) is 16.4 Å². The van der Waals surface area contributed by atoms with E-state index in [1.165, 1.54) is 16.9 Å². The number of nitrogens with zero attached hydrogens (tertiary/aromatic N) is 1. The SMILES string of the molecule is Cc1ccc(NC(=O)Cc2nc(CCl)cs2)cc1.Cl. The highest BCUT2D eigenvalue weighted by molar-refractivity contribution is 7.09. The molecule has 1 N–H and O–H groups in total. The molecule has 19 heavy (non-hydrogen) atoms. The molecule has 1 aromatic heterocycles. The fourth-order valence-corrected chi connectivity index (χ4v) is 2.49. The summed E-state index contributed by atoms with van der Waals surface area (Å²) in [4.78, 5) is 16.0. The first kappa shape index (κ1) is 16.0. The Morgan fingerprint density at radius 1 is 1.37 bits per heavy atom. The van der Waals surface area contributed by atoms with Crippen molar-refractivity contribution in [3.63, 3.8) is 0 Å². The van der Waals surface area contributed by atoms with Gasteiger partial charge >= 0.3 is 0 Å². The number of hydrogen-bond acceptors (Lipinski definition) is 3. The maximum atomic E-state index is 11.8. The van der Waals surface area contributed by atoms with Crippen LogP contribution in [0.2, 0.25) is 0 Å². The van der Waals surface area contributed by atoms with Crippen LogP contribution in [-0.2, 0) is 17.1 Å². The Hall–Kier alpha value is -1.10. The van der Waals surface area contributed by atoms with Crippen molar-refractivity contribution in [1.82, 2.24) is 4.98 Å². The van der Waals surface area contributed by atoms with Crippen LogP contribution in [-0.4, -0.2) is 10.9 Å². The Bertz CT molecular complexity index is 540. The van der Waals surface area contributed by atoms with Crippen LogP contribution in [0.1, 0.15) is 16.3 Å². The molecule has 1 heterocycles. The smallest absolute Gasteiger partial charge is 0.231 e. The number of nitrogens with one attached hydrogen (secondary N) is 1. The largest absolute Gasteiger partial charge is 0.326 e. The summed E-state index contributed by atoms with van der Waals surface area (Å²) >= 11 is 7.12. The van der Waals surface area contributed by atoms with Gasteiger partial charge in [0.15, 0.2) is 0 Å². The summed E-state index contributed by atoms with van der Waals surface area (Å²) in [5.74, 6) is 0.324. The van der Waals surface area contributed by atoms with Crippen LogP contribution >= 0.6 is 35.3 Å². The molecule has 0 fully saturated rings. The maximum absolute atomic E-state index is 11.8. The average molecular weight is 317 g/mol. The Kier molecular flexibility index (Phi) is 6.28. The average Bonchev–Trinajstić information content (AvgIpc) is 2.79. The Morgan fingerprint density at radius 3 is 2.63 bits per heavy atom. The van der Waals surface area contributed by atoms with E-state index < -0.39 is 0 Å². The van der Waals surface area contributed by atoms with Gasteiger partial charge in [0.2, 0.25) is 5.91 Å². The van der Waals surface area contributed by atoms with E-state index in [9.17, 15) is 4.79 Å². The lowest BCUT2D eigenvalue weighted by atomic mass is 10.2. The summed E-state index contributed by atoms with van der Waals surface area (Å²) in [7, 11) is 0. The van der Waals surface area contributed by atoms with E-state index in [1.54, 1.807) is 0 Å². The van der Waals surface area contributed by atoms with Gasteiger partial charge < -0.3 is 5.32 Å². The quantitative estimate of drug-likeness (QED) is 0.872.